The van der Waals surface area contributed by atoms with Gasteiger partial charge in [0.2, 0.25) is 5.91 Å². The number of benzene rings is 1. The van der Waals surface area contributed by atoms with E-state index in [9.17, 15) is 14.4 Å². The summed E-state index contributed by atoms with van der Waals surface area (Å²) in [6, 6.07) is 6.95. The van der Waals surface area contributed by atoms with Gasteiger partial charge in [-0.05, 0) is 31.9 Å². The molecule has 0 radical (unpaired) electrons. The van der Waals surface area contributed by atoms with Crippen molar-refractivity contribution in [3.8, 4) is 0 Å². The molecule has 0 aliphatic carbocycles. The second kappa shape index (κ2) is 7.26. The number of rotatable bonds is 6. The van der Waals surface area contributed by atoms with Crippen LogP contribution in [0.2, 0.25) is 0 Å². The van der Waals surface area contributed by atoms with E-state index in [1.807, 2.05) is 20.8 Å². The molecule has 0 saturated carbocycles. The van der Waals surface area contributed by atoms with Crippen LogP contribution >= 0.6 is 0 Å². The largest absolute Gasteiger partial charge is 0.352 e. The van der Waals surface area contributed by atoms with E-state index in [0.717, 1.165) is 6.42 Å². The summed E-state index contributed by atoms with van der Waals surface area (Å²) in [6.45, 7) is 6.05. The fourth-order valence-electron chi connectivity index (χ4n) is 2.51. The van der Waals surface area contributed by atoms with Crippen molar-refractivity contribution in [2.75, 3.05) is 0 Å². The lowest BCUT2D eigenvalue weighted by molar-refractivity contribution is -0.122. The SMILES string of the molecule is CCCn1c(=O)c2ccccc2n(CC(=O)N[C@@H](C)CC)c1=O. The smallest absolute Gasteiger partial charge is 0.331 e. The summed E-state index contributed by atoms with van der Waals surface area (Å²) in [6.07, 6.45) is 1.49. The van der Waals surface area contributed by atoms with E-state index in [0.29, 0.717) is 23.9 Å². The van der Waals surface area contributed by atoms with Crippen LogP contribution in [0.4, 0.5) is 0 Å². The fraction of sp³-hybridized carbons (Fsp3) is 0.471. The first-order valence-corrected chi connectivity index (χ1v) is 8.01. The van der Waals surface area contributed by atoms with Gasteiger partial charge >= 0.3 is 5.69 Å². The maximum atomic E-state index is 12.6. The summed E-state index contributed by atoms with van der Waals surface area (Å²) >= 11 is 0. The third kappa shape index (κ3) is 3.52. The molecular formula is C17H23N3O3. The zero-order chi connectivity index (χ0) is 17.0. The van der Waals surface area contributed by atoms with E-state index >= 15 is 0 Å². The lowest BCUT2D eigenvalue weighted by Gasteiger charge is -2.15. The molecule has 0 fully saturated rings. The molecule has 1 heterocycles. The molecule has 0 spiro atoms. The van der Waals surface area contributed by atoms with Gasteiger partial charge in [-0.1, -0.05) is 26.0 Å². The minimum absolute atomic E-state index is 0.0472. The first kappa shape index (κ1) is 17.0. The number of fused-ring (bicyclic) bond motifs is 1. The Balaban J connectivity index is 2.56. The maximum absolute atomic E-state index is 12.6. The van der Waals surface area contributed by atoms with Crippen LogP contribution in [-0.4, -0.2) is 21.1 Å². The third-order valence-electron chi connectivity index (χ3n) is 3.90. The number of carbonyl (C=O) groups excluding carboxylic acids is 1. The van der Waals surface area contributed by atoms with Gasteiger partial charge in [-0.3, -0.25) is 18.7 Å². The van der Waals surface area contributed by atoms with Gasteiger partial charge in [0.05, 0.1) is 10.9 Å². The van der Waals surface area contributed by atoms with Crippen molar-refractivity contribution in [1.82, 2.24) is 14.5 Å². The first-order valence-electron chi connectivity index (χ1n) is 8.01. The minimum atomic E-state index is -0.435. The number of hydrogen-bond donors (Lipinski definition) is 1. The maximum Gasteiger partial charge on any atom is 0.331 e. The topological polar surface area (TPSA) is 73.1 Å². The highest BCUT2D eigenvalue weighted by molar-refractivity contribution is 5.81. The van der Waals surface area contributed by atoms with Gasteiger partial charge in [0.15, 0.2) is 0 Å². The van der Waals surface area contributed by atoms with E-state index in [1.54, 1.807) is 24.3 Å². The highest BCUT2D eigenvalue weighted by Gasteiger charge is 2.15. The molecule has 2 rings (SSSR count). The Kier molecular flexibility index (Phi) is 5.36. The quantitative estimate of drug-likeness (QED) is 0.877. The standard InChI is InChI=1S/C17H23N3O3/c1-4-10-19-16(22)13-8-6-7-9-14(13)20(17(19)23)11-15(21)18-12(3)5-2/h6-9,12H,4-5,10-11H2,1-3H3,(H,18,21)/t12-/m0/s1. The molecule has 1 aromatic heterocycles. The van der Waals surface area contributed by atoms with E-state index in [1.165, 1.54) is 9.13 Å². The summed E-state index contributed by atoms with van der Waals surface area (Å²) in [5, 5.41) is 3.31. The number of carbonyl (C=O) groups is 1. The summed E-state index contributed by atoms with van der Waals surface area (Å²) in [5.41, 5.74) is -0.241. The van der Waals surface area contributed by atoms with Crippen LogP contribution in [0.15, 0.2) is 33.9 Å². The minimum Gasteiger partial charge on any atom is -0.352 e. The van der Waals surface area contributed by atoms with Gasteiger partial charge in [0.25, 0.3) is 5.56 Å². The number of nitrogens with zero attached hydrogens (tertiary/aromatic N) is 2. The first-order chi connectivity index (χ1) is 11.0. The highest BCUT2D eigenvalue weighted by atomic mass is 16.2. The molecule has 0 unspecified atom stereocenters. The number of amides is 1. The monoisotopic (exact) mass is 317 g/mol. The van der Waals surface area contributed by atoms with E-state index < -0.39 is 5.69 Å². The lowest BCUT2D eigenvalue weighted by atomic mass is 10.2. The molecular weight excluding hydrogens is 294 g/mol. The van der Waals surface area contributed by atoms with Crippen molar-refractivity contribution >= 4 is 16.8 Å². The summed E-state index contributed by atoms with van der Waals surface area (Å²) in [7, 11) is 0. The molecule has 0 aliphatic heterocycles. The summed E-state index contributed by atoms with van der Waals surface area (Å²) in [4.78, 5) is 37.3. The molecule has 1 amide bonds. The van der Waals surface area contributed by atoms with Crippen molar-refractivity contribution < 1.29 is 4.79 Å². The van der Waals surface area contributed by atoms with Crippen LogP contribution in [0.3, 0.4) is 0 Å². The van der Waals surface area contributed by atoms with Gasteiger partial charge in [-0.2, -0.15) is 0 Å². The van der Waals surface area contributed by atoms with Crippen LogP contribution in [0.1, 0.15) is 33.6 Å². The van der Waals surface area contributed by atoms with Crippen molar-refractivity contribution in [2.45, 2.75) is 52.7 Å². The van der Waals surface area contributed by atoms with Crippen LogP contribution in [0.5, 0.6) is 0 Å². The van der Waals surface area contributed by atoms with Gasteiger partial charge in [0, 0.05) is 12.6 Å². The van der Waals surface area contributed by atoms with E-state index in [2.05, 4.69) is 5.32 Å². The fourth-order valence-corrected chi connectivity index (χ4v) is 2.51. The number of para-hydroxylation sites is 1. The Hall–Kier alpha value is -2.37. The van der Waals surface area contributed by atoms with Crippen LogP contribution in [0.25, 0.3) is 10.9 Å². The average Bonchev–Trinajstić information content (AvgIpc) is 2.55. The molecule has 6 heteroatoms. The van der Waals surface area contributed by atoms with Gasteiger partial charge in [0.1, 0.15) is 6.54 Å². The molecule has 0 bridgehead atoms. The molecule has 2 aromatic rings. The molecule has 0 aliphatic rings. The average molecular weight is 317 g/mol. The van der Waals surface area contributed by atoms with Crippen LogP contribution < -0.4 is 16.6 Å². The summed E-state index contributed by atoms with van der Waals surface area (Å²) in [5.74, 6) is -0.228. The van der Waals surface area contributed by atoms with Gasteiger partial charge in [-0.25, -0.2) is 4.79 Å². The zero-order valence-electron chi connectivity index (χ0n) is 13.8. The van der Waals surface area contributed by atoms with E-state index in [-0.39, 0.29) is 24.1 Å². The third-order valence-corrected chi connectivity index (χ3v) is 3.90. The molecule has 1 atom stereocenters. The highest BCUT2D eigenvalue weighted by Crippen LogP contribution is 2.07. The molecule has 124 valence electrons. The molecule has 6 nitrogen and oxygen atoms in total. The Bertz CT molecular complexity index is 820. The van der Waals surface area contributed by atoms with E-state index in [4.69, 9.17) is 0 Å². The van der Waals surface area contributed by atoms with Crippen molar-refractivity contribution in [3.05, 3.63) is 45.1 Å². The second-order valence-electron chi connectivity index (χ2n) is 5.72. The van der Waals surface area contributed by atoms with Crippen LogP contribution in [-0.2, 0) is 17.9 Å². The lowest BCUT2D eigenvalue weighted by Crippen LogP contribution is -2.43. The molecule has 1 aromatic carbocycles. The molecule has 1 N–H and O–H groups in total. The number of hydrogen-bond acceptors (Lipinski definition) is 3. The normalized spacial score (nSPS) is 12.3. The Morgan fingerprint density at radius 2 is 1.87 bits per heavy atom. The predicted molar refractivity (Wildman–Crippen MR) is 90.7 cm³/mol. The number of nitrogens with one attached hydrogen (secondary N) is 1. The van der Waals surface area contributed by atoms with Crippen molar-refractivity contribution in [1.29, 1.82) is 0 Å². The van der Waals surface area contributed by atoms with Gasteiger partial charge in [-0.15, -0.1) is 0 Å². The van der Waals surface area contributed by atoms with Gasteiger partial charge < -0.3 is 5.32 Å². The Morgan fingerprint density at radius 1 is 1.17 bits per heavy atom. The second-order valence-corrected chi connectivity index (χ2v) is 5.72. The number of aromatic nitrogens is 2. The molecule has 0 saturated heterocycles. The Labute approximate surface area is 134 Å². The zero-order valence-corrected chi connectivity index (χ0v) is 13.8. The molecule has 23 heavy (non-hydrogen) atoms. The van der Waals surface area contributed by atoms with Crippen molar-refractivity contribution in [2.24, 2.45) is 0 Å². The predicted octanol–water partition coefficient (Wildman–Crippen LogP) is 1.49. The Morgan fingerprint density at radius 3 is 2.52 bits per heavy atom. The summed E-state index contributed by atoms with van der Waals surface area (Å²) < 4.78 is 2.59. The van der Waals surface area contributed by atoms with Crippen molar-refractivity contribution in [3.63, 3.8) is 0 Å². The van der Waals surface area contributed by atoms with Crippen LogP contribution in [0, 0.1) is 0 Å².